The maximum Gasteiger partial charge on any atom is 0.115 e. The Kier molecular flexibility index (Phi) is 3.83. The summed E-state index contributed by atoms with van der Waals surface area (Å²) in [6.07, 6.45) is 11.7. The summed E-state index contributed by atoms with van der Waals surface area (Å²) in [4.78, 5) is 7.57. The Balaban J connectivity index is 1.53. The number of aliphatic hydroxyl groups is 1. The Morgan fingerprint density at radius 2 is 2.10 bits per heavy atom. The van der Waals surface area contributed by atoms with Gasteiger partial charge in [-0.15, -0.1) is 0 Å². The third-order valence-electron chi connectivity index (χ3n) is 8.21. The van der Waals surface area contributed by atoms with Crippen molar-refractivity contribution in [2.24, 2.45) is 16.8 Å². The van der Waals surface area contributed by atoms with E-state index in [1.165, 1.54) is 16.8 Å². The van der Waals surface area contributed by atoms with Crippen LogP contribution in [0, 0.1) is 11.8 Å². The molecule has 2 N–H and O–H groups in total. The first kappa shape index (κ1) is 18.6. The molecular weight excluding hydrogens is 372 g/mol. The average molecular weight is 403 g/mol. The van der Waals surface area contributed by atoms with Gasteiger partial charge in [-0.05, 0) is 60.2 Å². The van der Waals surface area contributed by atoms with Crippen LogP contribution in [0.5, 0.6) is 5.75 Å². The van der Waals surface area contributed by atoms with Crippen molar-refractivity contribution < 1.29 is 10.2 Å². The molecule has 1 saturated heterocycles. The fourth-order valence-corrected chi connectivity index (χ4v) is 6.98. The smallest absolute Gasteiger partial charge is 0.115 e. The van der Waals surface area contributed by atoms with Gasteiger partial charge >= 0.3 is 0 Å². The first-order valence-electron chi connectivity index (χ1n) is 11.4. The van der Waals surface area contributed by atoms with Crippen molar-refractivity contribution in [1.29, 1.82) is 0 Å². The van der Waals surface area contributed by atoms with Crippen LogP contribution < -0.4 is 0 Å². The number of aromatic hydroxyl groups is 1. The second-order valence-electron chi connectivity index (χ2n) is 10.3. The fraction of sp³-hybridized carbons (Fsp3) is 0.500. The molecule has 1 fully saturated rings. The Labute approximate surface area is 178 Å². The number of hydrogen-bond acceptors (Lipinski definition) is 4. The number of benzene rings is 1. The number of likely N-dealkylation sites (tertiary alicyclic amines) is 1. The predicted molar refractivity (Wildman–Crippen MR) is 119 cm³/mol. The van der Waals surface area contributed by atoms with Crippen LogP contribution in [0.2, 0.25) is 0 Å². The zero-order valence-corrected chi connectivity index (χ0v) is 17.8. The van der Waals surface area contributed by atoms with Gasteiger partial charge in [-0.2, -0.15) is 0 Å². The number of piperidine rings is 1. The number of rotatable bonds is 2. The van der Waals surface area contributed by atoms with Crippen LogP contribution in [0.4, 0.5) is 0 Å². The standard InChI is InChI=1S/C26H30N2O2/c1-16(2)15-28-10-9-25-14-23-20(19-5-3-4-6-22(19)27-23)13-26(25,30)24(28)11-17-7-8-18(29)12-21(17)25/h3-8,12,16,19,24,29-30H,9-11,13-15H2,1-2H3. The average Bonchev–Trinajstić information content (AvgIpc) is 3.05. The summed E-state index contributed by atoms with van der Waals surface area (Å²) in [6, 6.07) is 5.91. The summed E-state index contributed by atoms with van der Waals surface area (Å²) in [6.45, 7) is 6.52. The molecule has 4 atom stereocenters. The maximum atomic E-state index is 12.6. The minimum atomic E-state index is -0.834. The highest BCUT2D eigenvalue weighted by atomic mass is 16.3. The lowest BCUT2D eigenvalue weighted by molar-refractivity contribution is -0.152. The quantitative estimate of drug-likeness (QED) is 0.789. The summed E-state index contributed by atoms with van der Waals surface area (Å²) in [7, 11) is 0. The minimum absolute atomic E-state index is 0.104. The highest BCUT2D eigenvalue weighted by Crippen LogP contribution is 2.61. The van der Waals surface area contributed by atoms with Crippen molar-refractivity contribution in [3.63, 3.8) is 0 Å². The molecule has 1 aromatic carbocycles. The first-order valence-corrected chi connectivity index (χ1v) is 11.4. The van der Waals surface area contributed by atoms with Crippen LogP contribution in [-0.4, -0.2) is 45.6 Å². The van der Waals surface area contributed by atoms with Crippen molar-refractivity contribution >= 4 is 5.71 Å². The lowest BCUT2D eigenvalue weighted by Crippen LogP contribution is -2.72. The molecule has 4 nitrogen and oxygen atoms in total. The van der Waals surface area contributed by atoms with E-state index in [-0.39, 0.29) is 17.4 Å². The van der Waals surface area contributed by atoms with Gasteiger partial charge in [-0.1, -0.05) is 38.1 Å². The van der Waals surface area contributed by atoms with E-state index in [1.807, 2.05) is 6.07 Å². The van der Waals surface area contributed by atoms with Gasteiger partial charge in [0.05, 0.1) is 11.3 Å². The van der Waals surface area contributed by atoms with Crippen molar-refractivity contribution in [3.05, 3.63) is 64.9 Å². The molecule has 0 radical (unpaired) electrons. The number of phenolic OH excluding ortho intramolecular Hbond substituents is 1. The third kappa shape index (κ3) is 2.32. The first-order chi connectivity index (χ1) is 14.4. The summed E-state index contributed by atoms with van der Waals surface area (Å²) < 4.78 is 0. The predicted octanol–water partition coefficient (Wildman–Crippen LogP) is 3.89. The number of allylic oxidation sites excluding steroid dienone is 5. The SMILES string of the molecule is CC(C)CN1CCC23CC4=C(CC2(O)C1Cc1ccc(O)cc13)C1C=CC=CC1=N4. The largest absolute Gasteiger partial charge is 0.508 e. The van der Waals surface area contributed by atoms with Gasteiger partial charge in [-0.25, -0.2) is 0 Å². The van der Waals surface area contributed by atoms with Gasteiger partial charge in [0.15, 0.2) is 0 Å². The molecule has 2 aliphatic heterocycles. The van der Waals surface area contributed by atoms with Gasteiger partial charge in [-0.3, -0.25) is 9.89 Å². The van der Waals surface area contributed by atoms with Crippen LogP contribution >= 0.6 is 0 Å². The summed E-state index contributed by atoms with van der Waals surface area (Å²) in [5, 5.41) is 22.9. The lowest BCUT2D eigenvalue weighted by Gasteiger charge is -2.64. The van der Waals surface area contributed by atoms with Crippen LogP contribution in [0.1, 0.15) is 44.2 Å². The molecule has 0 saturated carbocycles. The van der Waals surface area contributed by atoms with Gasteiger partial charge in [0.1, 0.15) is 5.75 Å². The second-order valence-corrected chi connectivity index (χ2v) is 10.3. The third-order valence-corrected chi connectivity index (χ3v) is 8.21. The van der Waals surface area contributed by atoms with Crippen molar-refractivity contribution in [3.8, 4) is 5.75 Å². The van der Waals surface area contributed by atoms with E-state index in [0.29, 0.717) is 18.1 Å². The highest BCUT2D eigenvalue weighted by molar-refractivity contribution is 6.04. The van der Waals surface area contributed by atoms with Crippen molar-refractivity contribution in [2.45, 2.75) is 56.6 Å². The van der Waals surface area contributed by atoms with Crippen molar-refractivity contribution in [2.75, 3.05) is 13.1 Å². The molecular formula is C26H30N2O2. The molecule has 3 aliphatic carbocycles. The zero-order valence-electron chi connectivity index (χ0n) is 17.8. The number of hydrogen-bond donors (Lipinski definition) is 2. The van der Waals surface area contributed by atoms with Crippen LogP contribution in [-0.2, 0) is 11.8 Å². The second kappa shape index (κ2) is 6.18. The number of aliphatic imine (C=N–C) groups is 1. The van der Waals surface area contributed by atoms with Gasteiger partial charge in [0.25, 0.3) is 0 Å². The van der Waals surface area contributed by atoms with Gasteiger partial charge in [0.2, 0.25) is 0 Å². The molecule has 0 spiro atoms. The fourth-order valence-electron chi connectivity index (χ4n) is 6.98. The lowest BCUT2D eigenvalue weighted by atomic mass is 9.49. The van der Waals surface area contributed by atoms with E-state index in [9.17, 15) is 10.2 Å². The van der Waals surface area contributed by atoms with Crippen LogP contribution in [0.25, 0.3) is 0 Å². The number of fused-ring (bicyclic) bond motifs is 3. The number of phenols is 1. The summed E-state index contributed by atoms with van der Waals surface area (Å²) in [5.41, 5.74) is 4.82. The van der Waals surface area contributed by atoms with E-state index < -0.39 is 5.60 Å². The van der Waals surface area contributed by atoms with E-state index in [0.717, 1.165) is 43.6 Å². The Morgan fingerprint density at radius 1 is 1.23 bits per heavy atom. The zero-order chi connectivity index (χ0) is 20.7. The molecule has 2 heterocycles. The summed E-state index contributed by atoms with van der Waals surface area (Å²) >= 11 is 0. The van der Waals surface area contributed by atoms with E-state index >= 15 is 0 Å². The molecule has 156 valence electrons. The Morgan fingerprint density at radius 3 is 2.93 bits per heavy atom. The molecule has 5 aliphatic rings. The van der Waals surface area contributed by atoms with E-state index in [2.05, 4.69) is 49.1 Å². The molecule has 4 unspecified atom stereocenters. The number of nitrogens with zero attached hydrogens (tertiary/aromatic N) is 2. The van der Waals surface area contributed by atoms with Crippen molar-refractivity contribution in [1.82, 2.24) is 4.90 Å². The molecule has 4 heteroatoms. The van der Waals surface area contributed by atoms with E-state index in [1.54, 1.807) is 6.07 Å². The Bertz CT molecular complexity index is 1050. The molecule has 6 rings (SSSR count). The van der Waals surface area contributed by atoms with Crippen LogP contribution in [0.3, 0.4) is 0 Å². The monoisotopic (exact) mass is 402 g/mol. The van der Waals surface area contributed by atoms with Gasteiger partial charge < -0.3 is 10.2 Å². The molecule has 0 aromatic heterocycles. The highest BCUT2D eigenvalue weighted by Gasteiger charge is 2.65. The minimum Gasteiger partial charge on any atom is -0.508 e. The normalized spacial score (nSPS) is 36.3. The summed E-state index contributed by atoms with van der Waals surface area (Å²) in [5.74, 6) is 1.08. The molecule has 1 aromatic rings. The van der Waals surface area contributed by atoms with E-state index in [4.69, 9.17) is 4.99 Å². The van der Waals surface area contributed by atoms with Gasteiger partial charge in [0, 0.05) is 42.5 Å². The molecule has 30 heavy (non-hydrogen) atoms. The molecule has 2 bridgehead atoms. The topological polar surface area (TPSA) is 56.1 Å². The maximum absolute atomic E-state index is 12.6. The Hall–Kier alpha value is -2.17. The molecule has 0 amide bonds. The van der Waals surface area contributed by atoms with Crippen LogP contribution in [0.15, 0.2) is 58.8 Å².